The molecule has 4 nitrogen and oxygen atoms in total. The highest BCUT2D eigenvalue weighted by Crippen LogP contribution is 2.67. The number of aliphatic hydroxyl groups excluding tert-OH is 2. The molecule has 1 aliphatic heterocycles. The van der Waals surface area contributed by atoms with Crippen molar-refractivity contribution in [2.45, 2.75) is 77.3 Å². The second kappa shape index (κ2) is 5.59. The molecule has 124 valence electrons. The summed E-state index contributed by atoms with van der Waals surface area (Å²) < 4.78 is 6.04. The number of carbonyl (C=O) groups is 1. The van der Waals surface area contributed by atoms with Crippen molar-refractivity contribution in [1.82, 2.24) is 0 Å². The van der Waals surface area contributed by atoms with Gasteiger partial charge in [-0.2, -0.15) is 0 Å². The monoisotopic (exact) mass is 308 g/mol. The standard InChI is InChI=1S/C18H28O4/c1-12(7-6-8-13(2)19)15(21)11-18-16(3,4)9-14(20)10-17(18,5)22-18/h6-8,13-14,19-20H,9-11H2,1-5H3/b8-6+,12-7+/t13-,14-,17+,18-/m1/s1. The van der Waals surface area contributed by atoms with Gasteiger partial charge in [0, 0.05) is 12.8 Å². The number of Topliss-reactive ketones (excluding diaryl/α,β-unsaturated/α-hetero) is 1. The molecular weight excluding hydrogens is 280 g/mol. The van der Waals surface area contributed by atoms with Crippen LogP contribution in [0.1, 0.15) is 53.9 Å². The van der Waals surface area contributed by atoms with E-state index in [2.05, 4.69) is 13.8 Å². The van der Waals surface area contributed by atoms with Crippen LogP contribution in [0.3, 0.4) is 0 Å². The van der Waals surface area contributed by atoms with E-state index in [0.717, 1.165) is 0 Å². The summed E-state index contributed by atoms with van der Waals surface area (Å²) in [6.45, 7) is 9.59. The van der Waals surface area contributed by atoms with Crippen molar-refractivity contribution >= 4 is 5.78 Å². The molecular formula is C18H28O4. The van der Waals surface area contributed by atoms with E-state index in [1.54, 1.807) is 32.1 Å². The quantitative estimate of drug-likeness (QED) is 0.465. The summed E-state index contributed by atoms with van der Waals surface area (Å²) in [5.74, 6) is 0.0587. The average Bonchev–Trinajstić information content (AvgIpc) is 2.93. The van der Waals surface area contributed by atoms with Gasteiger partial charge in [0.15, 0.2) is 5.78 Å². The highest BCUT2D eigenvalue weighted by atomic mass is 16.6. The molecule has 0 aromatic rings. The minimum atomic E-state index is -0.522. The second-order valence-corrected chi connectivity index (χ2v) is 7.68. The zero-order chi connectivity index (χ0) is 16.8. The summed E-state index contributed by atoms with van der Waals surface area (Å²) in [6, 6.07) is 0. The lowest BCUT2D eigenvalue weighted by atomic mass is 9.61. The van der Waals surface area contributed by atoms with Crippen LogP contribution in [-0.4, -0.2) is 39.4 Å². The van der Waals surface area contributed by atoms with E-state index in [1.807, 2.05) is 6.92 Å². The molecule has 4 atom stereocenters. The Morgan fingerprint density at radius 2 is 2.00 bits per heavy atom. The Hall–Kier alpha value is -0.970. The largest absolute Gasteiger partial charge is 0.393 e. The van der Waals surface area contributed by atoms with Gasteiger partial charge in [0.1, 0.15) is 5.60 Å². The Bertz CT molecular complexity index is 517. The third-order valence-electron chi connectivity index (χ3n) is 5.26. The topological polar surface area (TPSA) is 70.1 Å². The molecule has 0 spiro atoms. The molecule has 2 rings (SSSR count). The smallest absolute Gasteiger partial charge is 0.161 e. The van der Waals surface area contributed by atoms with Gasteiger partial charge < -0.3 is 14.9 Å². The Morgan fingerprint density at radius 1 is 1.36 bits per heavy atom. The van der Waals surface area contributed by atoms with E-state index in [0.29, 0.717) is 24.8 Å². The fourth-order valence-corrected chi connectivity index (χ4v) is 3.98. The summed E-state index contributed by atoms with van der Waals surface area (Å²) in [4.78, 5) is 12.5. The number of epoxide rings is 1. The van der Waals surface area contributed by atoms with Crippen molar-refractivity contribution in [2.24, 2.45) is 5.41 Å². The predicted octanol–water partition coefficient (Wildman–Crippen LogP) is 2.54. The fourth-order valence-electron chi connectivity index (χ4n) is 3.98. The zero-order valence-corrected chi connectivity index (χ0v) is 14.2. The molecule has 2 N–H and O–H groups in total. The zero-order valence-electron chi connectivity index (χ0n) is 14.2. The predicted molar refractivity (Wildman–Crippen MR) is 85.4 cm³/mol. The highest BCUT2D eigenvalue weighted by Gasteiger charge is 2.76. The van der Waals surface area contributed by atoms with Gasteiger partial charge in [-0.15, -0.1) is 0 Å². The van der Waals surface area contributed by atoms with Gasteiger partial charge in [-0.05, 0) is 38.2 Å². The summed E-state index contributed by atoms with van der Waals surface area (Å²) in [6.07, 6.45) is 5.77. The minimum absolute atomic E-state index is 0.0587. The van der Waals surface area contributed by atoms with Crippen molar-refractivity contribution in [3.05, 3.63) is 23.8 Å². The average molecular weight is 308 g/mol. The van der Waals surface area contributed by atoms with E-state index >= 15 is 0 Å². The van der Waals surface area contributed by atoms with Crippen LogP contribution in [0.25, 0.3) is 0 Å². The number of allylic oxidation sites excluding steroid dienone is 3. The van der Waals surface area contributed by atoms with Crippen LogP contribution < -0.4 is 0 Å². The lowest BCUT2D eigenvalue weighted by Crippen LogP contribution is -2.48. The number of hydrogen-bond acceptors (Lipinski definition) is 4. The Kier molecular flexibility index (Phi) is 4.42. The molecule has 1 saturated heterocycles. The number of ether oxygens (including phenoxy) is 1. The second-order valence-electron chi connectivity index (χ2n) is 7.68. The van der Waals surface area contributed by atoms with E-state index in [4.69, 9.17) is 4.74 Å². The Labute approximate surface area is 132 Å². The lowest BCUT2D eigenvalue weighted by molar-refractivity contribution is -0.118. The molecule has 0 amide bonds. The van der Waals surface area contributed by atoms with Crippen LogP contribution in [0, 0.1) is 5.41 Å². The number of ketones is 1. The maximum Gasteiger partial charge on any atom is 0.161 e. The summed E-state index contributed by atoms with van der Waals surface area (Å²) in [7, 11) is 0. The van der Waals surface area contributed by atoms with Gasteiger partial charge in [-0.1, -0.05) is 32.1 Å². The van der Waals surface area contributed by atoms with Crippen molar-refractivity contribution in [1.29, 1.82) is 0 Å². The van der Waals surface area contributed by atoms with Crippen molar-refractivity contribution in [2.75, 3.05) is 0 Å². The van der Waals surface area contributed by atoms with Crippen molar-refractivity contribution in [3.63, 3.8) is 0 Å². The highest BCUT2D eigenvalue weighted by molar-refractivity contribution is 5.96. The van der Waals surface area contributed by atoms with Gasteiger partial charge >= 0.3 is 0 Å². The van der Waals surface area contributed by atoms with E-state index < -0.39 is 17.3 Å². The third kappa shape index (κ3) is 2.92. The first-order chi connectivity index (χ1) is 10.0. The third-order valence-corrected chi connectivity index (χ3v) is 5.26. The fraction of sp³-hybridized carbons (Fsp3) is 0.722. The number of carbonyl (C=O) groups excluding carboxylic acids is 1. The van der Waals surface area contributed by atoms with E-state index in [9.17, 15) is 15.0 Å². The van der Waals surface area contributed by atoms with Crippen LogP contribution in [0.15, 0.2) is 23.8 Å². The first-order valence-corrected chi connectivity index (χ1v) is 7.98. The number of rotatable bonds is 5. The molecule has 0 unspecified atom stereocenters. The number of hydrogen-bond donors (Lipinski definition) is 2. The van der Waals surface area contributed by atoms with Crippen molar-refractivity contribution in [3.8, 4) is 0 Å². The van der Waals surface area contributed by atoms with Gasteiger partial charge in [0.25, 0.3) is 0 Å². The molecule has 1 aliphatic carbocycles. The normalized spacial score (nSPS) is 38.7. The van der Waals surface area contributed by atoms with Gasteiger partial charge in [0.2, 0.25) is 0 Å². The molecule has 0 aromatic heterocycles. The van der Waals surface area contributed by atoms with E-state index in [-0.39, 0.29) is 17.3 Å². The molecule has 2 aliphatic rings. The minimum Gasteiger partial charge on any atom is -0.393 e. The molecule has 0 aromatic carbocycles. The molecule has 22 heavy (non-hydrogen) atoms. The maximum absolute atomic E-state index is 12.5. The molecule has 1 saturated carbocycles. The molecule has 0 bridgehead atoms. The summed E-state index contributed by atoms with van der Waals surface area (Å²) >= 11 is 0. The number of aliphatic hydroxyl groups is 2. The van der Waals surface area contributed by atoms with Gasteiger partial charge in [0.05, 0.1) is 17.8 Å². The SMILES string of the molecule is C/C(=C\C=C\[C@@H](C)O)C(=O)C[C@]12O[C@@]1(C)C[C@H](O)CC2(C)C. The summed E-state index contributed by atoms with van der Waals surface area (Å²) in [5, 5.41) is 19.2. The molecule has 1 heterocycles. The summed E-state index contributed by atoms with van der Waals surface area (Å²) in [5.41, 5.74) is -0.449. The van der Waals surface area contributed by atoms with Crippen LogP contribution in [0.4, 0.5) is 0 Å². The van der Waals surface area contributed by atoms with Crippen LogP contribution in [0.5, 0.6) is 0 Å². The van der Waals surface area contributed by atoms with Crippen LogP contribution in [-0.2, 0) is 9.53 Å². The van der Waals surface area contributed by atoms with Gasteiger partial charge in [-0.25, -0.2) is 0 Å². The maximum atomic E-state index is 12.5. The Morgan fingerprint density at radius 3 is 2.55 bits per heavy atom. The molecule has 4 heteroatoms. The van der Waals surface area contributed by atoms with Crippen LogP contribution >= 0.6 is 0 Å². The van der Waals surface area contributed by atoms with Crippen molar-refractivity contribution < 1.29 is 19.7 Å². The molecule has 0 radical (unpaired) electrons. The van der Waals surface area contributed by atoms with Gasteiger partial charge in [-0.3, -0.25) is 4.79 Å². The lowest BCUT2D eigenvalue weighted by Gasteiger charge is -2.40. The first-order valence-electron chi connectivity index (χ1n) is 7.98. The van der Waals surface area contributed by atoms with E-state index in [1.165, 1.54) is 0 Å². The van der Waals surface area contributed by atoms with Crippen LogP contribution in [0.2, 0.25) is 0 Å². The first kappa shape index (κ1) is 17.4. The Balaban J connectivity index is 2.12. The molecule has 2 fully saturated rings. The number of fused-ring (bicyclic) bond motifs is 1.